The Morgan fingerprint density at radius 2 is 1.92 bits per heavy atom. The minimum absolute atomic E-state index is 0.284. The first-order valence-electron chi connectivity index (χ1n) is 7.90. The number of H-pyrrole nitrogens is 1. The molecule has 0 bridgehead atoms. The number of halogens is 1. The summed E-state index contributed by atoms with van der Waals surface area (Å²) in [5, 5.41) is 7.46. The molecule has 0 atom stereocenters. The lowest BCUT2D eigenvalue weighted by Gasteiger charge is -2.31. The van der Waals surface area contributed by atoms with Crippen molar-refractivity contribution in [1.29, 1.82) is 0 Å². The molecule has 0 amide bonds. The van der Waals surface area contributed by atoms with Crippen molar-refractivity contribution in [2.24, 2.45) is 0 Å². The fourth-order valence-corrected chi connectivity index (χ4v) is 5.05. The highest BCUT2D eigenvalue weighted by Gasteiger charge is 2.32. The summed E-state index contributed by atoms with van der Waals surface area (Å²) in [4.78, 5) is 0.284. The molecule has 5 nitrogen and oxygen atoms in total. The van der Waals surface area contributed by atoms with Crippen molar-refractivity contribution in [2.45, 2.75) is 38.0 Å². The Morgan fingerprint density at radius 3 is 2.54 bits per heavy atom. The molecule has 0 unspecified atom stereocenters. The maximum atomic E-state index is 13.1. The zero-order valence-corrected chi connectivity index (χ0v) is 15.3. The van der Waals surface area contributed by atoms with Crippen LogP contribution in [0.2, 0.25) is 5.02 Å². The van der Waals surface area contributed by atoms with Crippen LogP contribution in [0.1, 0.15) is 36.2 Å². The van der Waals surface area contributed by atoms with Crippen molar-refractivity contribution < 1.29 is 8.42 Å². The van der Waals surface area contributed by atoms with Crippen LogP contribution in [-0.4, -0.2) is 29.5 Å². The Kier molecular flexibility index (Phi) is 4.69. The zero-order chi connectivity index (χ0) is 17.3. The van der Waals surface area contributed by atoms with Crippen LogP contribution in [-0.2, 0) is 10.0 Å². The smallest absolute Gasteiger partial charge is 0.267 e. The summed E-state index contributed by atoms with van der Waals surface area (Å²) in [7, 11) is -3.61. The normalized spacial score (nSPS) is 17.5. The second-order valence-corrected chi connectivity index (χ2v) is 8.22. The molecule has 1 aromatic heterocycles. The predicted molar refractivity (Wildman–Crippen MR) is 95.2 cm³/mol. The first-order valence-corrected chi connectivity index (χ1v) is 9.72. The van der Waals surface area contributed by atoms with Crippen LogP contribution in [0.15, 0.2) is 34.9 Å². The van der Waals surface area contributed by atoms with Gasteiger partial charge < -0.3 is 0 Å². The molecular formula is C17H20ClN3O2S. The lowest BCUT2D eigenvalue weighted by Crippen LogP contribution is -2.34. The first-order chi connectivity index (χ1) is 11.4. The number of sulfonamides is 1. The lowest BCUT2D eigenvalue weighted by molar-refractivity contribution is 0.411. The van der Waals surface area contributed by atoms with E-state index >= 15 is 0 Å². The summed E-state index contributed by atoms with van der Waals surface area (Å²) in [6.45, 7) is 3.94. The van der Waals surface area contributed by atoms with Crippen molar-refractivity contribution in [1.82, 2.24) is 14.5 Å². The fraction of sp³-hybridized carbons (Fsp3) is 0.353. The number of rotatable bonds is 3. The summed E-state index contributed by atoms with van der Waals surface area (Å²) < 4.78 is 27.8. The van der Waals surface area contributed by atoms with Gasteiger partial charge in [0.15, 0.2) is 0 Å². The second-order valence-electron chi connectivity index (χ2n) is 5.98. The highest BCUT2D eigenvalue weighted by molar-refractivity contribution is 7.89. The summed E-state index contributed by atoms with van der Waals surface area (Å²) in [5.41, 5.74) is 2.83. The summed E-state index contributed by atoms with van der Waals surface area (Å²) in [6.07, 6.45) is 4.50. The second kappa shape index (κ2) is 6.61. The topological polar surface area (TPSA) is 66.1 Å². The maximum absolute atomic E-state index is 13.1. The van der Waals surface area contributed by atoms with Gasteiger partial charge in [-0.15, -0.1) is 0 Å². The highest BCUT2D eigenvalue weighted by Crippen LogP contribution is 2.31. The Balaban J connectivity index is 2.02. The number of aromatic amines is 1. The van der Waals surface area contributed by atoms with Crippen LogP contribution in [0, 0.1) is 13.8 Å². The molecule has 0 radical (unpaired) electrons. The van der Waals surface area contributed by atoms with Crippen LogP contribution in [0.4, 0.5) is 0 Å². The van der Waals surface area contributed by atoms with E-state index in [0.717, 1.165) is 30.5 Å². The van der Waals surface area contributed by atoms with Gasteiger partial charge in [0.2, 0.25) is 0 Å². The summed E-state index contributed by atoms with van der Waals surface area (Å²) in [5.74, 6) is 0. The molecule has 1 aliphatic rings. The third-order valence-electron chi connectivity index (χ3n) is 4.18. The zero-order valence-electron chi connectivity index (χ0n) is 13.7. The van der Waals surface area contributed by atoms with Crippen LogP contribution in [0.3, 0.4) is 0 Å². The molecule has 0 aliphatic carbocycles. The molecule has 24 heavy (non-hydrogen) atoms. The van der Waals surface area contributed by atoms with E-state index < -0.39 is 10.0 Å². The molecule has 1 aliphatic heterocycles. The molecule has 1 saturated heterocycles. The Bertz CT molecular complexity index is 850. The third kappa shape index (κ3) is 3.21. The number of aromatic nitrogens is 2. The van der Waals surface area contributed by atoms with Crippen molar-refractivity contribution >= 4 is 27.7 Å². The number of allylic oxidation sites excluding steroid dienone is 1. The van der Waals surface area contributed by atoms with E-state index in [1.165, 1.54) is 4.31 Å². The number of piperidine rings is 1. The van der Waals surface area contributed by atoms with Gasteiger partial charge in [0, 0.05) is 17.3 Å². The largest absolute Gasteiger partial charge is 0.281 e. The SMILES string of the molecule is Cc1n[nH]c(C)c1S(=O)(=O)N1CCCCC1=Cc1ccc(Cl)cc1. The number of nitrogens with one attached hydrogen (secondary N) is 1. The van der Waals surface area contributed by atoms with Crippen LogP contribution >= 0.6 is 11.6 Å². The molecule has 1 fully saturated rings. The molecule has 128 valence electrons. The van der Waals surface area contributed by atoms with E-state index in [-0.39, 0.29) is 4.90 Å². The minimum atomic E-state index is -3.61. The van der Waals surface area contributed by atoms with Gasteiger partial charge >= 0.3 is 0 Å². The molecule has 2 heterocycles. The standard InChI is InChI=1S/C17H20ClN3O2S/c1-12-17(13(2)20-19-12)24(22,23)21-10-4-3-5-16(21)11-14-6-8-15(18)9-7-14/h6-9,11H,3-5,10H2,1-2H3,(H,19,20). The number of nitrogens with zero attached hydrogens (tertiary/aromatic N) is 2. The van der Waals surface area contributed by atoms with Crippen molar-refractivity contribution in [2.75, 3.05) is 6.54 Å². The van der Waals surface area contributed by atoms with Crippen molar-refractivity contribution in [3.63, 3.8) is 0 Å². The number of hydrogen-bond acceptors (Lipinski definition) is 3. The Hall–Kier alpha value is -1.79. The highest BCUT2D eigenvalue weighted by atomic mass is 35.5. The number of aryl methyl sites for hydroxylation is 2. The summed E-state index contributed by atoms with van der Waals surface area (Å²) >= 11 is 5.92. The van der Waals surface area contributed by atoms with E-state index in [1.54, 1.807) is 26.0 Å². The van der Waals surface area contributed by atoms with Gasteiger partial charge in [-0.05, 0) is 56.9 Å². The van der Waals surface area contributed by atoms with Gasteiger partial charge in [0.05, 0.1) is 11.4 Å². The van der Waals surface area contributed by atoms with Crippen molar-refractivity contribution in [3.05, 3.63) is 51.9 Å². The lowest BCUT2D eigenvalue weighted by atomic mass is 10.1. The monoisotopic (exact) mass is 365 g/mol. The number of hydrogen-bond donors (Lipinski definition) is 1. The van der Waals surface area contributed by atoms with Gasteiger partial charge in [-0.25, -0.2) is 8.42 Å². The Labute approximate surface area is 147 Å². The van der Waals surface area contributed by atoms with Crippen molar-refractivity contribution in [3.8, 4) is 0 Å². The van der Waals surface area contributed by atoms with Crippen LogP contribution in [0.5, 0.6) is 0 Å². The van der Waals surface area contributed by atoms with E-state index in [1.807, 2.05) is 18.2 Å². The van der Waals surface area contributed by atoms with Gasteiger partial charge in [0.1, 0.15) is 4.90 Å². The number of benzene rings is 1. The van der Waals surface area contributed by atoms with Gasteiger partial charge in [0.25, 0.3) is 10.0 Å². The third-order valence-corrected chi connectivity index (χ3v) is 6.54. The maximum Gasteiger partial charge on any atom is 0.267 e. The van der Waals surface area contributed by atoms with Gasteiger partial charge in [-0.1, -0.05) is 23.7 Å². The average Bonchev–Trinajstić information content (AvgIpc) is 2.89. The molecule has 3 rings (SSSR count). The Morgan fingerprint density at radius 1 is 1.21 bits per heavy atom. The van der Waals surface area contributed by atoms with Gasteiger partial charge in [-0.3, -0.25) is 9.40 Å². The molecule has 7 heteroatoms. The molecule has 2 aromatic rings. The molecule has 0 saturated carbocycles. The van der Waals surface area contributed by atoms with E-state index in [4.69, 9.17) is 11.6 Å². The summed E-state index contributed by atoms with van der Waals surface area (Å²) in [6, 6.07) is 7.39. The van der Waals surface area contributed by atoms with Crippen LogP contribution < -0.4 is 0 Å². The van der Waals surface area contributed by atoms with E-state index in [9.17, 15) is 8.42 Å². The molecule has 1 N–H and O–H groups in total. The van der Waals surface area contributed by atoms with Crippen LogP contribution in [0.25, 0.3) is 6.08 Å². The van der Waals surface area contributed by atoms with Gasteiger partial charge in [-0.2, -0.15) is 5.10 Å². The molecule has 0 spiro atoms. The average molecular weight is 366 g/mol. The quantitative estimate of drug-likeness (QED) is 0.897. The van der Waals surface area contributed by atoms with E-state index in [2.05, 4.69) is 10.2 Å². The molecule has 1 aromatic carbocycles. The first kappa shape index (κ1) is 17.0. The fourth-order valence-electron chi connectivity index (χ4n) is 3.03. The molecular weight excluding hydrogens is 346 g/mol. The predicted octanol–water partition coefficient (Wildman–Crippen LogP) is 3.90. The van der Waals surface area contributed by atoms with E-state index in [0.29, 0.717) is 23.0 Å². The minimum Gasteiger partial charge on any atom is -0.281 e.